The lowest BCUT2D eigenvalue weighted by molar-refractivity contribution is -0.160. The molecule has 0 aliphatic carbocycles. The first-order valence-electron chi connectivity index (χ1n) is 19.5. The molecule has 2 amide bonds. The number of rotatable bonds is 7. The molecule has 0 aromatic heterocycles. The molecule has 3 aliphatic heterocycles. The van der Waals surface area contributed by atoms with Crippen LogP contribution < -0.4 is 14.8 Å². The number of carbonyl (C=O) groups is 4. The molecule has 58 heavy (non-hydrogen) atoms. The summed E-state index contributed by atoms with van der Waals surface area (Å²) in [5.74, 6) is -8.01. The van der Waals surface area contributed by atoms with Gasteiger partial charge in [0.05, 0.1) is 41.2 Å². The van der Waals surface area contributed by atoms with Crippen LogP contribution in [0.1, 0.15) is 78.2 Å². The molecule has 318 valence electrons. The fourth-order valence-corrected chi connectivity index (χ4v) is 7.56. The van der Waals surface area contributed by atoms with Crippen molar-refractivity contribution in [3.8, 4) is 23.0 Å². The summed E-state index contributed by atoms with van der Waals surface area (Å²) in [5.41, 5.74) is -0.00860. The van der Waals surface area contributed by atoms with Crippen LogP contribution in [-0.4, -0.2) is 106 Å². The average Bonchev–Trinajstić information content (AvgIpc) is 3.45. The maximum absolute atomic E-state index is 14.4. The number of Topliss-reactive ketones (excluding diaryl/α,β-unsaturated/α-hetero) is 1. The van der Waals surface area contributed by atoms with Crippen LogP contribution in [-0.2, 0) is 28.6 Å². The summed E-state index contributed by atoms with van der Waals surface area (Å²) >= 11 is 0. The van der Waals surface area contributed by atoms with Crippen molar-refractivity contribution in [3.63, 3.8) is 0 Å². The van der Waals surface area contributed by atoms with Crippen LogP contribution in [0.5, 0.6) is 23.0 Å². The van der Waals surface area contributed by atoms with Crippen molar-refractivity contribution >= 4 is 40.0 Å². The van der Waals surface area contributed by atoms with Crippen LogP contribution in [0.2, 0.25) is 0 Å². The summed E-state index contributed by atoms with van der Waals surface area (Å²) in [6, 6.07) is 1.27. The van der Waals surface area contributed by atoms with E-state index < -0.39 is 89.6 Å². The number of ether oxygens (including phenoxy) is 5. The first kappa shape index (κ1) is 45.6. The third-order valence-corrected chi connectivity index (χ3v) is 11.3. The molecule has 5 N–H and O–H groups in total. The van der Waals surface area contributed by atoms with Gasteiger partial charge in [0.2, 0.25) is 0 Å². The number of phenolic OH excluding ortho intramolecular Hbond substituents is 2. The first-order valence-corrected chi connectivity index (χ1v) is 19.5. The molecule has 3 aliphatic rings. The van der Waals surface area contributed by atoms with E-state index in [-0.39, 0.29) is 50.6 Å². The van der Waals surface area contributed by atoms with Gasteiger partial charge in [0, 0.05) is 80.3 Å². The number of hydrogen-bond donors (Lipinski definition) is 5. The van der Waals surface area contributed by atoms with Gasteiger partial charge in [-0.1, -0.05) is 45.9 Å². The third kappa shape index (κ3) is 9.11. The van der Waals surface area contributed by atoms with Crippen molar-refractivity contribution < 1.29 is 63.3 Å². The number of esters is 1. The number of nitrogens with zero attached hydrogens (tertiary/aromatic N) is 1. The molecule has 3 heterocycles. The molecule has 5 rings (SSSR count). The Bertz CT molecular complexity index is 1990. The summed E-state index contributed by atoms with van der Waals surface area (Å²) in [4.78, 5) is 54.9. The molecule has 0 spiro atoms. The smallest absolute Gasteiger partial charge is 0.312 e. The second-order valence-corrected chi connectivity index (χ2v) is 15.3. The minimum absolute atomic E-state index is 0.0574. The Kier molecular flexibility index (Phi) is 14.6. The molecule has 9 atom stereocenters. The van der Waals surface area contributed by atoms with Gasteiger partial charge in [-0.3, -0.25) is 19.2 Å². The molecule has 15 heteroatoms. The standard InChI is InChI=1S/C43H58N2O13/c1-12-45(13-2)31(47)20-55-30-19-28-38(51)33-32(30)34-40(26(8)37(33)50)58-43(10,41(34)52)56-18-17-29(54-11)23(5)39(57-27(9)46)25(7)36(49)24(6)35(48)21(3)15-14-16-22(4)42(53)44-28/h14-19,21,23-25,29,35-36,39,48-51H,12-13,20H2,1-11H3,(H,44,53)/t21-,23+,24+,25+,29-,35-,36+,39+,43+/m0/s1. The summed E-state index contributed by atoms with van der Waals surface area (Å²) in [5, 5.41) is 48.4. The minimum Gasteiger partial charge on any atom is -0.507 e. The molecule has 0 unspecified atom stereocenters. The molecular weight excluding hydrogens is 752 g/mol. The maximum Gasteiger partial charge on any atom is 0.312 e. The molecule has 0 saturated heterocycles. The topological polar surface area (TPSA) is 211 Å². The number of phenols is 2. The highest BCUT2D eigenvalue weighted by Crippen LogP contribution is 2.54. The number of aliphatic hydroxyl groups is 2. The fourth-order valence-electron chi connectivity index (χ4n) is 7.56. The van der Waals surface area contributed by atoms with Crippen molar-refractivity contribution in [1.29, 1.82) is 0 Å². The number of allylic oxidation sites excluding steroid dienone is 2. The van der Waals surface area contributed by atoms with Gasteiger partial charge in [-0.05, 0) is 33.8 Å². The number of aromatic hydroxyl groups is 2. The lowest BCUT2D eigenvalue weighted by Gasteiger charge is -2.38. The molecule has 0 fully saturated rings. The van der Waals surface area contributed by atoms with Gasteiger partial charge in [0.25, 0.3) is 17.6 Å². The van der Waals surface area contributed by atoms with Crippen molar-refractivity contribution in [2.75, 3.05) is 32.1 Å². The second-order valence-electron chi connectivity index (χ2n) is 15.3. The van der Waals surface area contributed by atoms with E-state index in [4.69, 9.17) is 23.7 Å². The van der Waals surface area contributed by atoms with Gasteiger partial charge in [-0.15, -0.1) is 0 Å². The molecule has 0 saturated carbocycles. The normalized spacial score (nSPS) is 28.1. The Labute approximate surface area is 339 Å². The highest BCUT2D eigenvalue weighted by Gasteiger charge is 2.49. The number of likely N-dealkylation sites (N-methyl/N-ethyl adjacent to an activating group) is 1. The van der Waals surface area contributed by atoms with E-state index in [1.54, 1.807) is 44.7 Å². The van der Waals surface area contributed by atoms with Gasteiger partial charge in [-0.2, -0.15) is 0 Å². The van der Waals surface area contributed by atoms with Gasteiger partial charge < -0.3 is 54.3 Å². The van der Waals surface area contributed by atoms with Crippen molar-refractivity contribution in [1.82, 2.24) is 4.90 Å². The lowest BCUT2D eigenvalue weighted by atomic mass is 9.78. The van der Waals surface area contributed by atoms with E-state index in [9.17, 15) is 39.6 Å². The summed E-state index contributed by atoms with van der Waals surface area (Å²) < 4.78 is 29.7. The first-order chi connectivity index (χ1) is 27.2. The number of benzene rings is 2. The Morgan fingerprint density at radius 1 is 0.948 bits per heavy atom. The predicted octanol–water partition coefficient (Wildman–Crippen LogP) is 5.30. The number of methoxy groups -OCH3 is 1. The van der Waals surface area contributed by atoms with Crippen LogP contribution in [0, 0.1) is 30.6 Å². The van der Waals surface area contributed by atoms with E-state index in [0.717, 1.165) is 0 Å². The highest BCUT2D eigenvalue weighted by molar-refractivity contribution is 6.21. The number of fused-ring (bicyclic) bond motifs is 14. The molecule has 0 radical (unpaired) electrons. The van der Waals surface area contributed by atoms with E-state index in [1.165, 1.54) is 59.3 Å². The summed E-state index contributed by atoms with van der Waals surface area (Å²) in [7, 11) is 1.44. The Balaban J connectivity index is 1.94. The lowest BCUT2D eigenvalue weighted by Crippen LogP contribution is -2.46. The van der Waals surface area contributed by atoms with Gasteiger partial charge >= 0.3 is 11.8 Å². The Morgan fingerprint density at radius 3 is 2.21 bits per heavy atom. The zero-order valence-corrected chi connectivity index (χ0v) is 35.1. The quantitative estimate of drug-likeness (QED) is 0.178. The number of amides is 2. The van der Waals surface area contributed by atoms with Gasteiger partial charge in [0.15, 0.2) is 12.4 Å². The summed E-state index contributed by atoms with van der Waals surface area (Å²) in [6.07, 6.45) is 3.60. The van der Waals surface area contributed by atoms with Crippen molar-refractivity contribution in [2.24, 2.45) is 23.7 Å². The fraction of sp³-hybridized carbons (Fsp3) is 0.535. The van der Waals surface area contributed by atoms with Crippen molar-refractivity contribution in [2.45, 2.75) is 99.4 Å². The Morgan fingerprint density at radius 2 is 1.60 bits per heavy atom. The zero-order valence-electron chi connectivity index (χ0n) is 35.1. The van der Waals surface area contributed by atoms with E-state index in [2.05, 4.69) is 5.32 Å². The highest BCUT2D eigenvalue weighted by atomic mass is 16.7. The Hall–Kier alpha value is -5.12. The average molecular weight is 811 g/mol. The number of carbonyl (C=O) groups excluding carboxylic acids is 4. The number of anilines is 1. The number of hydrogen-bond acceptors (Lipinski definition) is 13. The molecule has 15 nitrogen and oxygen atoms in total. The van der Waals surface area contributed by atoms with Gasteiger partial charge in [0.1, 0.15) is 23.4 Å². The minimum atomic E-state index is -2.02. The van der Waals surface area contributed by atoms with Crippen LogP contribution in [0.4, 0.5) is 5.69 Å². The molecule has 2 aromatic rings. The summed E-state index contributed by atoms with van der Waals surface area (Å²) in [6.45, 7) is 16.5. The SMILES string of the molecule is CCN(CC)C(=O)COc1cc2c(O)c3c(O)c(C)c4c(c13)C(=O)[C@](C)(OC=C[C@H](OC)[C@@H](C)[C@@H](OC(C)=O)[C@H](C)[C@H](O)[C@H](C)[C@@H](O)[C@@H](C)C=CC=C(C)C(=O)N2)O4. The largest absolute Gasteiger partial charge is 0.507 e. The number of nitrogens with one attached hydrogen (secondary N) is 1. The third-order valence-electron chi connectivity index (χ3n) is 11.3. The zero-order chi connectivity index (χ0) is 43.4. The van der Waals surface area contributed by atoms with E-state index >= 15 is 0 Å². The van der Waals surface area contributed by atoms with Crippen LogP contribution >= 0.6 is 0 Å². The molecule has 2 aromatic carbocycles. The number of ketones is 1. The van der Waals surface area contributed by atoms with Crippen LogP contribution in [0.15, 0.2) is 42.2 Å². The van der Waals surface area contributed by atoms with E-state index in [1.807, 2.05) is 13.8 Å². The van der Waals surface area contributed by atoms with Gasteiger partial charge in [-0.25, -0.2) is 0 Å². The maximum atomic E-state index is 14.4. The molecular formula is C43H58N2O13. The predicted molar refractivity (Wildman–Crippen MR) is 216 cm³/mol. The number of aliphatic hydroxyl groups excluding tert-OH is 2. The monoisotopic (exact) mass is 810 g/mol. The van der Waals surface area contributed by atoms with E-state index in [0.29, 0.717) is 13.1 Å². The van der Waals surface area contributed by atoms with Crippen LogP contribution in [0.25, 0.3) is 10.8 Å². The second kappa shape index (κ2) is 18.6. The van der Waals surface area contributed by atoms with Crippen molar-refractivity contribution in [3.05, 3.63) is 53.3 Å². The van der Waals surface area contributed by atoms with Crippen LogP contribution in [0.3, 0.4) is 0 Å². The molecule has 5 bridgehead atoms.